The molecular formula is C32H52N2O. The monoisotopic (exact) mass is 480 g/mol. The molecule has 0 saturated heterocycles. The number of unbranched alkanes of at least 4 members (excludes halogenated alkanes) is 14. The lowest BCUT2D eigenvalue weighted by Gasteiger charge is -2.19. The predicted molar refractivity (Wildman–Crippen MR) is 154 cm³/mol. The number of amides is 1. The molecule has 0 aromatic heterocycles. The van der Waals surface area contributed by atoms with Crippen LogP contribution >= 0.6 is 0 Å². The Morgan fingerprint density at radius 1 is 0.629 bits per heavy atom. The number of carbonyl (C=O) groups excluding carboxylic acids is 1. The summed E-state index contributed by atoms with van der Waals surface area (Å²) in [4.78, 5) is 12.8. The first-order valence-electron chi connectivity index (χ1n) is 14.2. The van der Waals surface area contributed by atoms with Crippen molar-refractivity contribution in [3.05, 3.63) is 66.2 Å². The van der Waals surface area contributed by atoms with Crippen molar-refractivity contribution >= 4 is 11.6 Å². The molecule has 0 unspecified atom stereocenters. The zero-order valence-corrected chi connectivity index (χ0v) is 22.7. The fraction of sp³-hybridized carbons (Fsp3) is 0.594. The molecule has 196 valence electrons. The van der Waals surface area contributed by atoms with Crippen LogP contribution in [0.1, 0.15) is 115 Å². The largest absolute Gasteiger partial charge is 0.370 e. The molecule has 0 atom stereocenters. The number of anilines is 1. The Labute approximate surface area is 216 Å². The minimum absolute atomic E-state index is 0.153. The Bertz CT molecular complexity index is 717. The number of nitrogens with zero attached hydrogens (tertiary/aromatic N) is 1. The van der Waals surface area contributed by atoms with Gasteiger partial charge in [0.15, 0.2) is 0 Å². The van der Waals surface area contributed by atoms with Gasteiger partial charge in [-0.15, -0.1) is 0 Å². The van der Waals surface area contributed by atoms with E-state index >= 15 is 0 Å². The minimum Gasteiger partial charge on any atom is -0.370 e. The van der Waals surface area contributed by atoms with Crippen molar-refractivity contribution in [3.8, 4) is 0 Å². The number of hydrogen-bond donors (Lipinski definition) is 1. The molecule has 2 aromatic carbocycles. The zero-order valence-electron chi connectivity index (χ0n) is 22.7. The number of hydrogen-bond acceptors (Lipinski definition) is 2. The molecule has 1 amide bonds. The molecule has 0 bridgehead atoms. The van der Waals surface area contributed by atoms with E-state index in [1.54, 1.807) is 0 Å². The van der Waals surface area contributed by atoms with Gasteiger partial charge in [-0.05, 0) is 24.1 Å². The van der Waals surface area contributed by atoms with Crippen LogP contribution in [0, 0.1) is 0 Å². The van der Waals surface area contributed by atoms with Crippen LogP contribution < -0.4 is 10.6 Å². The molecule has 0 spiro atoms. The lowest BCUT2D eigenvalue weighted by atomic mass is 10.0. The Morgan fingerprint density at radius 3 is 1.46 bits per heavy atom. The van der Waals surface area contributed by atoms with Crippen molar-refractivity contribution in [2.45, 2.75) is 116 Å². The maximum atomic E-state index is 10.6. The van der Waals surface area contributed by atoms with E-state index in [0.29, 0.717) is 6.42 Å². The van der Waals surface area contributed by atoms with Crippen molar-refractivity contribution < 1.29 is 4.79 Å². The summed E-state index contributed by atoms with van der Waals surface area (Å²) in [6.45, 7) is 3.22. The van der Waals surface area contributed by atoms with Crippen molar-refractivity contribution in [1.29, 1.82) is 0 Å². The van der Waals surface area contributed by atoms with E-state index in [0.717, 1.165) is 13.0 Å². The molecule has 0 aliphatic carbocycles. The number of para-hydroxylation sites is 1. The third kappa shape index (κ3) is 18.7. The summed E-state index contributed by atoms with van der Waals surface area (Å²) in [5, 5.41) is 0. The molecular weight excluding hydrogens is 428 g/mol. The predicted octanol–water partition coefficient (Wildman–Crippen LogP) is 9.06. The fourth-order valence-electron chi connectivity index (χ4n) is 4.30. The Kier molecular flexibility index (Phi) is 19.5. The van der Waals surface area contributed by atoms with Crippen molar-refractivity contribution in [1.82, 2.24) is 0 Å². The molecule has 0 aliphatic rings. The summed E-state index contributed by atoms with van der Waals surface area (Å²) >= 11 is 0. The van der Waals surface area contributed by atoms with Gasteiger partial charge < -0.3 is 10.6 Å². The summed E-state index contributed by atoms with van der Waals surface area (Å²) in [5.41, 5.74) is 7.70. The zero-order chi connectivity index (χ0) is 25.4. The maximum absolute atomic E-state index is 10.6. The van der Waals surface area contributed by atoms with E-state index in [1.165, 1.54) is 101 Å². The molecule has 2 rings (SSSR count). The third-order valence-electron chi connectivity index (χ3n) is 6.49. The lowest BCUT2D eigenvalue weighted by Crippen LogP contribution is -2.15. The quantitative estimate of drug-likeness (QED) is 0.204. The van der Waals surface area contributed by atoms with E-state index < -0.39 is 0 Å². The molecule has 0 heterocycles. The first-order chi connectivity index (χ1) is 17.1. The van der Waals surface area contributed by atoms with Gasteiger partial charge in [0, 0.05) is 25.7 Å². The summed E-state index contributed by atoms with van der Waals surface area (Å²) in [6.07, 6.45) is 20.9. The van der Waals surface area contributed by atoms with Gasteiger partial charge in [-0.2, -0.15) is 0 Å². The maximum Gasteiger partial charge on any atom is 0.217 e. The first-order valence-corrected chi connectivity index (χ1v) is 14.2. The molecule has 3 nitrogen and oxygen atoms in total. The highest BCUT2D eigenvalue weighted by atomic mass is 16.1. The standard InChI is InChI=1S/C18H37NO.C14H15N/c1-2-3-4-5-6-7-8-9-10-11-12-13-14-15-16-17-18(19)20;1-15(14-10-6-3-7-11-14)12-13-8-4-2-5-9-13/h2-17H2,1H3,(H2,19,20);2-11H,12H2,1H3. The molecule has 0 aliphatic heterocycles. The molecule has 0 saturated carbocycles. The van der Waals surface area contributed by atoms with E-state index in [2.05, 4.69) is 67.4 Å². The molecule has 0 radical (unpaired) electrons. The SMILES string of the molecule is CCCCCCCCCCCCCCCCCC(N)=O.CN(Cc1ccccc1)c1ccccc1. The normalized spacial score (nSPS) is 10.5. The number of carbonyl (C=O) groups is 1. The smallest absolute Gasteiger partial charge is 0.217 e. The van der Waals surface area contributed by atoms with Crippen molar-refractivity contribution in [2.24, 2.45) is 5.73 Å². The van der Waals surface area contributed by atoms with E-state index in [4.69, 9.17) is 5.73 Å². The van der Waals surface area contributed by atoms with E-state index in [9.17, 15) is 4.79 Å². The van der Waals surface area contributed by atoms with Gasteiger partial charge in [0.05, 0.1) is 0 Å². The summed E-state index contributed by atoms with van der Waals surface area (Å²) in [6, 6.07) is 20.9. The summed E-state index contributed by atoms with van der Waals surface area (Å²) < 4.78 is 0. The lowest BCUT2D eigenvalue weighted by molar-refractivity contribution is -0.118. The van der Waals surface area contributed by atoms with Crippen LogP contribution in [-0.4, -0.2) is 13.0 Å². The Balaban J connectivity index is 0.000000362. The van der Waals surface area contributed by atoms with Gasteiger partial charge in [-0.1, -0.05) is 145 Å². The Morgan fingerprint density at radius 2 is 1.03 bits per heavy atom. The van der Waals surface area contributed by atoms with Gasteiger partial charge in [0.2, 0.25) is 5.91 Å². The van der Waals surface area contributed by atoms with Crippen LogP contribution in [0.5, 0.6) is 0 Å². The highest BCUT2D eigenvalue weighted by Gasteiger charge is 2.00. The minimum atomic E-state index is -0.153. The molecule has 0 fully saturated rings. The van der Waals surface area contributed by atoms with Gasteiger partial charge >= 0.3 is 0 Å². The van der Waals surface area contributed by atoms with Crippen LogP contribution in [0.3, 0.4) is 0 Å². The number of rotatable bonds is 19. The fourth-order valence-corrected chi connectivity index (χ4v) is 4.30. The second-order valence-electron chi connectivity index (χ2n) is 9.84. The molecule has 2 aromatic rings. The topological polar surface area (TPSA) is 46.3 Å². The van der Waals surface area contributed by atoms with Crippen molar-refractivity contribution in [3.63, 3.8) is 0 Å². The van der Waals surface area contributed by atoms with Crippen LogP contribution in [0.4, 0.5) is 5.69 Å². The van der Waals surface area contributed by atoms with Gasteiger partial charge in [-0.25, -0.2) is 0 Å². The molecule has 2 N–H and O–H groups in total. The summed E-state index contributed by atoms with van der Waals surface area (Å²) in [5.74, 6) is -0.153. The van der Waals surface area contributed by atoms with Crippen LogP contribution in [0.15, 0.2) is 60.7 Å². The summed E-state index contributed by atoms with van der Waals surface area (Å²) in [7, 11) is 2.11. The second kappa shape index (κ2) is 22.2. The van der Waals surface area contributed by atoms with Gasteiger partial charge in [0.25, 0.3) is 0 Å². The highest BCUT2D eigenvalue weighted by Crippen LogP contribution is 2.15. The van der Waals surface area contributed by atoms with Crippen LogP contribution in [-0.2, 0) is 11.3 Å². The van der Waals surface area contributed by atoms with E-state index in [-0.39, 0.29) is 5.91 Å². The van der Waals surface area contributed by atoms with E-state index in [1.807, 2.05) is 12.1 Å². The number of benzene rings is 2. The average molecular weight is 481 g/mol. The number of primary amides is 1. The first kappa shape index (κ1) is 30.7. The van der Waals surface area contributed by atoms with Crippen LogP contribution in [0.25, 0.3) is 0 Å². The third-order valence-corrected chi connectivity index (χ3v) is 6.49. The van der Waals surface area contributed by atoms with Crippen molar-refractivity contribution in [2.75, 3.05) is 11.9 Å². The average Bonchev–Trinajstić information content (AvgIpc) is 2.88. The molecule has 3 heteroatoms. The van der Waals surface area contributed by atoms with Gasteiger partial charge in [0.1, 0.15) is 0 Å². The molecule has 35 heavy (non-hydrogen) atoms. The number of nitrogens with two attached hydrogens (primary N) is 1. The van der Waals surface area contributed by atoms with Crippen LogP contribution in [0.2, 0.25) is 0 Å². The Hall–Kier alpha value is -2.29. The second-order valence-corrected chi connectivity index (χ2v) is 9.84. The van der Waals surface area contributed by atoms with Gasteiger partial charge in [-0.3, -0.25) is 4.79 Å². The highest BCUT2D eigenvalue weighted by molar-refractivity contribution is 5.73.